The van der Waals surface area contributed by atoms with Gasteiger partial charge in [-0.2, -0.15) is 0 Å². The molecule has 0 heterocycles. The van der Waals surface area contributed by atoms with Crippen molar-refractivity contribution in [3.05, 3.63) is 101 Å². The molecule has 184 valence electrons. The highest BCUT2D eigenvalue weighted by Gasteiger charge is 2.31. The van der Waals surface area contributed by atoms with Crippen LogP contribution in [0.2, 0.25) is 0 Å². The van der Waals surface area contributed by atoms with Gasteiger partial charge in [0.1, 0.15) is 5.82 Å². The molecule has 0 saturated heterocycles. The van der Waals surface area contributed by atoms with E-state index in [1.54, 1.807) is 12.1 Å². The van der Waals surface area contributed by atoms with Crippen molar-refractivity contribution < 1.29 is 24.5 Å². The number of carboxylic acid groups (broad SMARTS) is 1. The van der Waals surface area contributed by atoms with Gasteiger partial charge in [0.2, 0.25) is 0 Å². The molecule has 0 bridgehead atoms. The highest BCUT2D eigenvalue weighted by atomic mass is 19.1. The Labute approximate surface area is 206 Å². The van der Waals surface area contributed by atoms with Crippen LogP contribution in [-0.2, 0) is 10.2 Å². The first-order valence-corrected chi connectivity index (χ1v) is 12.0. The van der Waals surface area contributed by atoms with E-state index in [1.807, 2.05) is 30.3 Å². The maximum Gasteiger partial charge on any atom is 0.305 e. The Kier molecular flexibility index (Phi) is 8.96. The number of benzene rings is 3. The van der Waals surface area contributed by atoms with Crippen LogP contribution in [0.5, 0.6) is 0 Å². The lowest BCUT2D eigenvalue weighted by atomic mass is 9.70. The summed E-state index contributed by atoms with van der Waals surface area (Å²) in [5.74, 6) is -1.45. The van der Waals surface area contributed by atoms with Gasteiger partial charge in [-0.15, -0.1) is 0 Å². The van der Waals surface area contributed by atoms with Gasteiger partial charge in [0.05, 0.1) is 18.6 Å². The Morgan fingerprint density at radius 3 is 2.29 bits per heavy atom. The normalized spacial score (nSPS) is 13.6. The molecule has 3 aromatic carbocycles. The Hall–Kier alpha value is -3.28. The van der Waals surface area contributed by atoms with E-state index < -0.39 is 24.6 Å². The van der Waals surface area contributed by atoms with E-state index in [0.717, 1.165) is 35.1 Å². The molecule has 0 aliphatic heterocycles. The standard InChI is InChI=1S/C30H33FO4/c1-3-30(4-2,23-10-6-5-7-11-23)24-15-13-21(14-16-26(32)19-27(33)20-29(34)35)28(18-24)22-9-8-12-25(31)17-22/h5-18,26-27,32-33H,3-4,19-20H2,1-2H3,(H,34,35)/b16-14+/t26-,27-/m1/s1. The second kappa shape index (κ2) is 11.9. The largest absolute Gasteiger partial charge is 0.481 e. The molecule has 3 N–H and O–H groups in total. The SMILES string of the molecule is CCC(CC)(c1ccccc1)c1ccc(/C=C/[C@@H](O)C[C@@H](O)CC(=O)O)c(-c2cccc(F)c2)c1. The molecule has 0 unspecified atom stereocenters. The van der Waals surface area contributed by atoms with Crippen LogP contribution in [0.25, 0.3) is 17.2 Å². The van der Waals surface area contributed by atoms with E-state index in [2.05, 4.69) is 38.1 Å². The van der Waals surface area contributed by atoms with Crippen molar-refractivity contribution in [2.45, 2.75) is 57.2 Å². The number of aliphatic carboxylic acids is 1. The third-order valence-electron chi connectivity index (χ3n) is 6.70. The fourth-order valence-corrected chi connectivity index (χ4v) is 4.75. The lowest BCUT2D eigenvalue weighted by Crippen LogP contribution is -2.26. The molecule has 0 radical (unpaired) electrons. The summed E-state index contributed by atoms with van der Waals surface area (Å²) in [4.78, 5) is 10.8. The maximum absolute atomic E-state index is 14.1. The predicted octanol–water partition coefficient (Wildman–Crippen LogP) is 6.20. The number of aliphatic hydroxyl groups excluding tert-OH is 2. The topological polar surface area (TPSA) is 77.8 Å². The Balaban J connectivity index is 2.05. The van der Waals surface area contributed by atoms with Crippen LogP contribution in [0, 0.1) is 5.82 Å². The first kappa shape index (κ1) is 26.3. The van der Waals surface area contributed by atoms with E-state index in [4.69, 9.17) is 5.11 Å². The molecule has 3 aromatic rings. The minimum atomic E-state index is -1.14. The van der Waals surface area contributed by atoms with Crippen molar-refractivity contribution >= 4 is 12.0 Å². The highest BCUT2D eigenvalue weighted by Crippen LogP contribution is 2.41. The minimum Gasteiger partial charge on any atom is -0.481 e. The third kappa shape index (κ3) is 6.44. The Morgan fingerprint density at radius 1 is 0.943 bits per heavy atom. The van der Waals surface area contributed by atoms with Gasteiger partial charge in [-0.1, -0.05) is 80.6 Å². The van der Waals surface area contributed by atoms with Gasteiger partial charge in [-0.05, 0) is 58.9 Å². The molecule has 5 heteroatoms. The molecule has 4 nitrogen and oxygen atoms in total. The van der Waals surface area contributed by atoms with Gasteiger partial charge in [0, 0.05) is 11.8 Å². The molecule has 35 heavy (non-hydrogen) atoms. The molecule has 3 rings (SSSR count). The van der Waals surface area contributed by atoms with Gasteiger partial charge < -0.3 is 15.3 Å². The van der Waals surface area contributed by atoms with Crippen LogP contribution in [0.1, 0.15) is 56.2 Å². The van der Waals surface area contributed by atoms with Crippen LogP contribution in [-0.4, -0.2) is 33.5 Å². The maximum atomic E-state index is 14.1. The summed E-state index contributed by atoms with van der Waals surface area (Å²) in [5.41, 5.74) is 4.50. The van der Waals surface area contributed by atoms with Crippen LogP contribution in [0.4, 0.5) is 4.39 Å². The van der Waals surface area contributed by atoms with Crippen LogP contribution in [0.15, 0.2) is 78.9 Å². The zero-order valence-corrected chi connectivity index (χ0v) is 20.2. The molecule has 0 amide bonds. The average Bonchev–Trinajstić information content (AvgIpc) is 2.84. The van der Waals surface area contributed by atoms with Crippen molar-refractivity contribution in [2.24, 2.45) is 0 Å². The monoisotopic (exact) mass is 476 g/mol. The minimum absolute atomic E-state index is 0.0844. The van der Waals surface area contributed by atoms with Crippen molar-refractivity contribution in [2.75, 3.05) is 0 Å². The summed E-state index contributed by atoms with van der Waals surface area (Å²) in [6.45, 7) is 4.34. The van der Waals surface area contributed by atoms with Gasteiger partial charge >= 0.3 is 5.97 Å². The molecule has 2 atom stereocenters. The zero-order valence-electron chi connectivity index (χ0n) is 20.2. The molecule has 0 aliphatic carbocycles. The first-order chi connectivity index (χ1) is 16.8. The molecule has 0 aromatic heterocycles. The number of carbonyl (C=O) groups is 1. The predicted molar refractivity (Wildman–Crippen MR) is 138 cm³/mol. The molecule has 0 fully saturated rings. The van der Waals surface area contributed by atoms with Crippen LogP contribution in [0.3, 0.4) is 0 Å². The summed E-state index contributed by atoms with van der Waals surface area (Å²) >= 11 is 0. The second-order valence-corrected chi connectivity index (χ2v) is 8.88. The molecule has 0 spiro atoms. The van der Waals surface area contributed by atoms with Crippen molar-refractivity contribution in [3.8, 4) is 11.1 Å². The number of halogens is 1. The Bertz CT molecular complexity index is 1150. The zero-order chi connectivity index (χ0) is 25.4. The van der Waals surface area contributed by atoms with E-state index in [-0.39, 0.29) is 17.7 Å². The average molecular weight is 477 g/mol. The van der Waals surface area contributed by atoms with Gasteiger partial charge in [-0.3, -0.25) is 4.79 Å². The fourth-order valence-electron chi connectivity index (χ4n) is 4.75. The van der Waals surface area contributed by atoms with Crippen LogP contribution >= 0.6 is 0 Å². The smallest absolute Gasteiger partial charge is 0.305 e. The number of aliphatic hydroxyl groups is 2. The number of carboxylic acids is 1. The van der Waals surface area contributed by atoms with Crippen molar-refractivity contribution in [3.63, 3.8) is 0 Å². The summed E-state index contributed by atoms with van der Waals surface area (Å²) in [5, 5.41) is 28.9. The second-order valence-electron chi connectivity index (χ2n) is 8.88. The summed E-state index contributed by atoms with van der Waals surface area (Å²) in [6.07, 6.45) is 2.40. The van der Waals surface area contributed by atoms with E-state index in [9.17, 15) is 19.4 Å². The lowest BCUT2D eigenvalue weighted by molar-refractivity contribution is -0.139. The van der Waals surface area contributed by atoms with Gasteiger partial charge in [0.15, 0.2) is 0 Å². The number of hydrogen-bond donors (Lipinski definition) is 3. The molecular weight excluding hydrogens is 443 g/mol. The highest BCUT2D eigenvalue weighted by molar-refractivity contribution is 5.76. The van der Waals surface area contributed by atoms with E-state index in [1.165, 1.54) is 23.8 Å². The number of hydrogen-bond acceptors (Lipinski definition) is 3. The fraction of sp³-hybridized carbons (Fsp3) is 0.300. The lowest BCUT2D eigenvalue weighted by Gasteiger charge is -2.34. The summed E-state index contributed by atoms with van der Waals surface area (Å²) < 4.78 is 14.1. The van der Waals surface area contributed by atoms with Gasteiger partial charge in [-0.25, -0.2) is 4.39 Å². The first-order valence-electron chi connectivity index (χ1n) is 12.0. The van der Waals surface area contributed by atoms with Gasteiger partial charge in [0.25, 0.3) is 0 Å². The Morgan fingerprint density at radius 2 is 1.66 bits per heavy atom. The van der Waals surface area contributed by atoms with Crippen molar-refractivity contribution in [1.82, 2.24) is 0 Å². The molecular formula is C30H33FO4. The summed E-state index contributed by atoms with van der Waals surface area (Å²) in [6, 6.07) is 22.9. The summed E-state index contributed by atoms with van der Waals surface area (Å²) in [7, 11) is 0. The van der Waals surface area contributed by atoms with E-state index >= 15 is 0 Å². The van der Waals surface area contributed by atoms with E-state index in [0.29, 0.717) is 0 Å². The van der Waals surface area contributed by atoms with Crippen LogP contribution < -0.4 is 0 Å². The molecule has 0 saturated carbocycles. The quantitative estimate of drug-likeness (QED) is 0.308. The third-order valence-corrected chi connectivity index (χ3v) is 6.70. The number of rotatable bonds is 11. The van der Waals surface area contributed by atoms with Crippen molar-refractivity contribution in [1.29, 1.82) is 0 Å². The molecule has 0 aliphatic rings.